The maximum Gasteiger partial charge on any atom is 0.267 e. The molecule has 2 heterocycles. The highest BCUT2D eigenvalue weighted by Crippen LogP contribution is 2.32. The van der Waals surface area contributed by atoms with Crippen LogP contribution in [0.3, 0.4) is 0 Å². The van der Waals surface area contributed by atoms with Crippen molar-refractivity contribution in [3.8, 4) is 5.75 Å². The SMILES string of the molecule is CCc1cccc2sc(N(Cc3ccccn3)C(=O)COc3ccc(F)cc3)nc12. The number of anilines is 1. The maximum atomic E-state index is 13.1. The first kappa shape index (κ1) is 20.0. The van der Waals surface area contributed by atoms with E-state index in [-0.39, 0.29) is 24.9 Å². The van der Waals surface area contributed by atoms with E-state index in [4.69, 9.17) is 9.72 Å². The molecule has 4 aromatic rings. The van der Waals surface area contributed by atoms with Crippen LogP contribution in [0.5, 0.6) is 5.75 Å². The van der Waals surface area contributed by atoms with Crippen LogP contribution in [-0.4, -0.2) is 22.5 Å². The fourth-order valence-electron chi connectivity index (χ4n) is 3.06. The molecule has 0 aliphatic carbocycles. The first-order chi connectivity index (χ1) is 14.6. The molecule has 7 heteroatoms. The number of carbonyl (C=O) groups is 1. The second kappa shape index (κ2) is 9.00. The van der Waals surface area contributed by atoms with Gasteiger partial charge in [0.15, 0.2) is 11.7 Å². The molecule has 0 aliphatic heterocycles. The minimum atomic E-state index is -0.355. The second-order valence-corrected chi connectivity index (χ2v) is 7.67. The number of hydrogen-bond donors (Lipinski definition) is 0. The van der Waals surface area contributed by atoms with Crippen molar-refractivity contribution in [2.45, 2.75) is 19.9 Å². The molecule has 5 nitrogen and oxygen atoms in total. The van der Waals surface area contributed by atoms with Crippen molar-refractivity contribution >= 4 is 32.6 Å². The standard InChI is InChI=1S/C23H20FN3O2S/c1-2-16-6-5-8-20-22(16)26-23(30-20)27(14-18-7-3-4-13-25-18)21(28)15-29-19-11-9-17(24)10-12-19/h3-13H,2,14-15H2,1H3. The van der Waals surface area contributed by atoms with Gasteiger partial charge >= 0.3 is 0 Å². The van der Waals surface area contributed by atoms with Gasteiger partial charge in [0.25, 0.3) is 5.91 Å². The first-order valence-electron chi connectivity index (χ1n) is 9.61. The number of halogens is 1. The number of aromatic nitrogens is 2. The number of ether oxygens (including phenoxy) is 1. The molecule has 0 bridgehead atoms. The van der Waals surface area contributed by atoms with E-state index >= 15 is 0 Å². The molecule has 152 valence electrons. The normalized spacial score (nSPS) is 10.9. The Morgan fingerprint density at radius 2 is 1.93 bits per heavy atom. The summed E-state index contributed by atoms with van der Waals surface area (Å²) in [6, 6.07) is 17.2. The summed E-state index contributed by atoms with van der Waals surface area (Å²) >= 11 is 1.47. The molecule has 0 atom stereocenters. The Morgan fingerprint density at radius 3 is 2.67 bits per heavy atom. The highest BCUT2D eigenvalue weighted by Gasteiger charge is 2.22. The van der Waals surface area contributed by atoms with Crippen LogP contribution in [0.2, 0.25) is 0 Å². The van der Waals surface area contributed by atoms with Crippen LogP contribution in [0.25, 0.3) is 10.2 Å². The van der Waals surface area contributed by atoms with Crippen LogP contribution in [-0.2, 0) is 17.8 Å². The summed E-state index contributed by atoms with van der Waals surface area (Å²) in [5.74, 6) is -0.172. The minimum Gasteiger partial charge on any atom is -0.484 e. The van der Waals surface area contributed by atoms with Gasteiger partial charge in [0.05, 0.1) is 22.5 Å². The number of pyridine rings is 1. The van der Waals surface area contributed by atoms with Crippen molar-refractivity contribution in [2.24, 2.45) is 0 Å². The van der Waals surface area contributed by atoms with E-state index in [0.29, 0.717) is 10.9 Å². The van der Waals surface area contributed by atoms with E-state index in [1.165, 1.54) is 35.6 Å². The largest absolute Gasteiger partial charge is 0.484 e. The smallest absolute Gasteiger partial charge is 0.267 e. The van der Waals surface area contributed by atoms with Crippen molar-refractivity contribution in [1.82, 2.24) is 9.97 Å². The fraction of sp³-hybridized carbons (Fsp3) is 0.174. The van der Waals surface area contributed by atoms with Gasteiger partial charge in [-0.3, -0.25) is 14.7 Å². The van der Waals surface area contributed by atoms with Crippen LogP contribution in [0.4, 0.5) is 9.52 Å². The maximum absolute atomic E-state index is 13.1. The van der Waals surface area contributed by atoms with Gasteiger partial charge in [-0.05, 0) is 54.4 Å². The summed E-state index contributed by atoms with van der Waals surface area (Å²) in [6.45, 7) is 2.18. The molecule has 0 unspecified atom stereocenters. The average Bonchev–Trinajstić information content (AvgIpc) is 3.21. The van der Waals surface area contributed by atoms with E-state index in [9.17, 15) is 9.18 Å². The zero-order chi connectivity index (χ0) is 20.9. The van der Waals surface area contributed by atoms with Gasteiger partial charge in [-0.1, -0.05) is 36.5 Å². The molecule has 30 heavy (non-hydrogen) atoms. The van der Waals surface area contributed by atoms with Gasteiger partial charge in [0.2, 0.25) is 0 Å². The molecule has 0 fully saturated rings. The number of hydrogen-bond acceptors (Lipinski definition) is 5. The molecular weight excluding hydrogens is 401 g/mol. The number of para-hydroxylation sites is 1. The summed E-state index contributed by atoms with van der Waals surface area (Å²) in [5, 5.41) is 0.601. The fourth-order valence-corrected chi connectivity index (χ4v) is 4.09. The minimum absolute atomic E-state index is 0.185. The molecule has 4 rings (SSSR count). The van der Waals surface area contributed by atoms with E-state index in [1.54, 1.807) is 11.1 Å². The van der Waals surface area contributed by atoms with Gasteiger partial charge in [0, 0.05) is 6.20 Å². The number of nitrogens with zero attached hydrogens (tertiary/aromatic N) is 3. The van der Waals surface area contributed by atoms with Crippen LogP contribution in [0.1, 0.15) is 18.2 Å². The molecule has 1 amide bonds. The van der Waals surface area contributed by atoms with E-state index in [2.05, 4.69) is 11.9 Å². The van der Waals surface area contributed by atoms with Gasteiger partial charge in [-0.25, -0.2) is 9.37 Å². The predicted octanol–water partition coefficient (Wildman–Crippen LogP) is 5.01. The molecule has 0 saturated heterocycles. The third-order valence-corrected chi connectivity index (χ3v) is 5.67. The number of carbonyl (C=O) groups excluding carboxylic acids is 1. The van der Waals surface area contributed by atoms with Gasteiger partial charge < -0.3 is 4.74 Å². The molecule has 0 aliphatic rings. The average molecular weight is 421 g/mol. The highest BCUT2D eigenvalue weighted by atomic mass is 32.1. The van der Waals surface area contributed by atoms with E-state index in [0.717, 1.165) is 27.9 Å². The topological polar surface area (TPSA) is 55.3 Å². The number of rotatable bonds is 7. The molecule has 0 N–H and O–H groups in total. The Balaban J connectivity index is 1.62. The molecule has 2 aromatic carbocycles. The summed E-state index contributed by atoms with van der Waals surface area (Å²) in [6.07, 6.45) is 2.56. The lowest BCUT2D eigenvalue weighted by Crippen LogP contribution is -2.34. The molecule has 2 aromatic heterocycles. The number of thiazole rings is 1. The van der Waals surface area contributed by atoms with Crippen LogP contribution < -0.4 is 9.64 Å². The molecule has 0 saturated carbocycles. The zero-order valence-electron chi connectivity index (χ0n) is 16.4. The van der Waals surface area contributed by atoms with Crippen molar-refractivity contribution < 1.29 is 13.9 Å². The summed E-state index contributed by atoms with van der Waals surface area (Å²) in [4.78, 5) is 23.8. The van der Waals surface area contributed by atoms with E-state index in [1.807, 2.05) is 36.4 Å². The Bertz CT molecular complexity index is 1150. The van der Waals surface area contributed by atoms with E-state index < -0.39 is 0 Å². The quantitative estimate of drug-likeness (QED) is 0.421. The van der Waals surface area contributed by atoms with Crippen molar-refractivity contribution in [3.05, 3.63) is 83.9 Å². The van der Waals surface area contributed by atoms with Gasteiger partial charge in [-0.2, -0.15) is 0 Å². The third kappa shape index (κ3) is 4.46. The molecule has 0 spiro atoms. The second-order valence-electron chi connectivity index (χ2n) is 6.66. The van der Waals surface area contributed by atoms with Crippen molar-refractivity contribution in [2.75, 3.05) is 11.5 Å². The number of amides is 1. The summed E-state index contributed by atoms with van der Waals surface area (Å²) < 4.78 is 19.7. The third-order valence-electron chi connectivity index (χ3n) is 4.63. The van der Waals surface area contributed by atoms with Crippen LogP contribution in [0.15, 0.2) is 66.9 Å². The van der Waals surface area contributed by atoms with Crippen LogP contribution >= 0.6 is 11.3 Å². The van der Waals surface area contributed by atoms with Gasteiger partial charge in [-0.15, -0.1) is 0 Å². The van der Waals surface area contributed by atoms with Crippen LogP contribution in [0, 0.1) is 5.82 Å². The Morgan fingerprint density at radius 1 is 1.10 bits per heavy atom. The number of aryl methyl sites for hydroxylation is 1. The number of fused-ring (bicyclic) bond motifs is 1. The highest BCUT2D eigenvalue weighted by molar-refractivity contribution is 7.22. The Kier molecular flexibility index (Phi) is 5.99. The lowest BCUT2D eigenvalue weighted by molar-refractivity contribution is -0.120. The summed E-state index contributed by atoms with van der Waals surface area (Å²) in [5.41, 5.74) is 2.81. The Hall–Kier alpha value is -3.32. The van der Waals surface area contributed by atoms with Gasteiger partial charge in [0.1, 0.15) is 11.6 Å². The van der Waals surface area contributed by atoms with Crippen molar-refractivity contribution in [1.29, 1.82) is 0 Å². The lowest BCUT2D eigenvalue weighted by atomic mass is 10.1. The summed E-state index contributed by atoms with van der Waals surface area (Å²) in [7, 11) is 0. The first-order valence-corrected chi connectivity index (χ1v) is 10.4. The monoisotopic (exact) mass is 421 g/mol. The zero-order valence-corrected chi connectivity index (χ0v) is 17.2. The number of benzene rings is 2. The Labute approximate surface area is 177 Å². The molecular formula is C23H20FN3O2S. The lowest BCUT2D eigenvalue weighted by Gasteiger charge is -2.19. The van der Waals surface area contributed by atoms with Crippen molar-refractivity contribution in [3.63, 3.8) is 0 Å². The molecule has 0 radical (unpaired) electrons. The predicted molar refractivity (Wildman–Crippen MR) is 116 cm³/mol.